The standard InChI is InChI=1S/C16H24N4O2/c1-12-3-4-15-13(7-12)14(19-20(15)2)8-18-10-16(21)9-17-5-6-22-11-16/h3-4,7,17-18,21H,5-6,8-11H2,1-2H3/t16-/m0/s1. The Morgan fingerprint density at radius 2 is 2.36 bits per heavy atom. The van der Waals surface area contributed by atoms with E-state index in [-0.39, 0.29) is 0 Å². The Bertz CT molecular complexity index is 645. The van der Waals surface area contributed by atoms with Crippen molar-refractivity contribution in [3.8, 4) is 0 Å². The molecule has 0 unspecified atom stereocenters. The fraction of sp³-hybridized carbons (Fsp3) is 0.562. The largest absolute Gasteiger partial charge is 0.385 e. The molecule has 0 aliphatic carbocycles. The molecule has 3 rings (SSSR count). The van der Waals surface area contributed by atoms with Crippen molar-refractivity contribution in [2.45, 2.75) is 19.1 Å². The number of fused-ring (bicyclic) bond motifs is 1. The number of hydrogen-bond donors (Lipinski definition) is 3. The van der Waals surface area contributed by atoms with Gasteiger partial charge in [-0.3, -0.25) is 4.68 Å². The molecule has 1 fully saturated rings. The molecule has 120 valence electrons. The molecule has 1 saturated heterocycles. The highest BCUT2D eigenvalue weighted by atomic mass is 16.5. The second-order valence-electron chi connectivity index (χ2n) is 6.15. The highest BCUT2D eigenvalue weighted by Gasteiger charge is 2.28. The van der Waals surface area contributed by atoms with E-state index in [0.717, 1.165) is 23.1 Å². The first-order chi connectivity index (χ1) is 10.6. The van der Waals surface area contributed by atoms with Gasteiger partial charge < -0.3 is 20.5 Å². The predicted octanol–water partition coefficient (Wildman–Crippen LogP) is 0.322. The lowest BCUT2D eigenvalue weighted by Gasteiger charge is -2.25. The van der Waals surface area contributed by atoms with Crippen LogP contribution in [-0.2, 0) is 18.3 Å². The minimum Gasteiger partial charge on any atom is -0.385 e. The van der Waals surface area contributed by atoms with Gasteiger partial charge in [0, 0.05) is 38.6 Å². The summed E-state index contributed by atoms with van der Waals surface area (Å²) < 4.78 is 7.33. The summed E-state index contributed by atoms with van der Waals surface area (Å²) in [6.45, 7) is 5.52. The Morgan fingerprint density at radius 3 is 3.23 bits per heavy atom. The lowest BCUT2D eigenvalue weighted by molar-refractivity contribution is -0.0264. The van der Waals surface area contributed by atoms with Crippen molar-refractivity contribution < 1.29 is 9.84 Å². The maximum absolute atomic E-state index is 10.5. The van der Waals surface area contributed by atoms with Crippen LogP contribution in [0.1, 0.15) is 11.3 Å². The normalized spacial score (nSPS) is 22.9. The van der Waals surface area contributed by atoms with E-state index >= 15 is 0 Å². The van der Waals surface area contributed by atoms with Crippen LogP contribution in [0.15, 0.2) is 18.2 Å². The van der Waals surface area contributed by atoms with E-state index in [1.54, 1.807) is 0 Å². The first-order valence-corrected chi connectivity index (χ1v) is 7.71. The van der Waals surface area contributed by atoms with E-state index < -0.39 is 5.60 Å². The molecule has 6 nitrogen and oxygen atoms in total. The Hall–Kier alpha value is -1.47. The number of rotatable bonds is 4. The quantitative estimate of drug-likeness (QED) is 0.759. The van der Waals surface area contributed by atoms with Crippen molar-refractivity contribution in [1.82, 2.24) is 20.4 Å². The Morgan fingerprint density at radius 1 is 1.50 bits per heavy atom. The van der Waals surface area contributed by atoms with Crippen LogP contribution in [0.25, 0.3) is 10.9 Å². The van der Waals surface area contributed by atoms with Crippen molar-refractivity contribution in [2.24, 2.45) is 7.05 Å². The van der Waals surface area contributed by atoms with Crippen LogP contribution < -0.4 is 10.6 Å². The number of hydrogen-bond acceptors (Lipinski definition) is 5. The van der Waals surface area contributed by atoms with Gasteiger partial charge in [0.05, 0.1) is 24.4 Å². The number of β-amino-alcohol motifs (C(OH)–C–C–N with tert-alkyl or cyclic N) is 1. The van der Waals surface area contributed by atoms with Gasteiger partial charge in [0.1, 0.15) is 5.60 Å². The van der Waals surface area contributed by atoms with E-state index in [4.69, 9.17) is 4.74 Å². The molecule has 1 aliphatic heterocycles. The maximum Gasteiger partial charge on any atom is 0.113 e. The third-order valence-corrected chi connectivity index (χ3v) is 4.08. The number of aliphatic hydroxyl groups is 1. The van der Waals surface area contributed by atoms with Gasteiger partial charge in [0.25, 0.3) is 0 Å². The van der Waals surface area contributed by atoms with E-state index in [2.05, 4.69) is 40.9 Å². The zero-order valence-corrected chi connectivity index (χ0v) is 13.2. The van der Waals surface area contributed by atoms with Crippen LogP contribution in [0.3, 0.4) is 0 Å². The van der Waals surface area contributed by atoms with Crippen LogP contribution >= 0.6 is 0 Å². The molecule has 2 aromatic rings. The number of nitrogens with one attached hydrogen (secondary N) is 2. The number of benzene rings is 1. The molecular formula is C16H24N4O2. The van der Waals surface area contributed by atoms with Gasteiger partial charge in [0.15, 0.2) is 0 Å². The molecule has 0 bridgehead atoms. The molecule has 22 heavy (non-hydrogen) atoms. The molecule has 0 spiro atoms. The molecule has 6 heteroatoms. The minimum atomic E-state index is -0.864. The van der Waals surface area contributed by atoms with E-state index in [0.29, 0.717) is 32.8 Å². The van der Waals surface area contributed by atoms with Crippen LogP contribution in [0.5, 0.6) is 0 Å². The topological polar surface area (TPSA) is 71.3 Å². The Balaban J connectivity index is 1.67. The van der Waals surface area contributed by atoms with Gasteiger partial charge >= 0.3 is 0 Å². The van der Waals surface area contributed by atoms with E-state index in [1.165, 1.54) is 5.56 Å². The van der Waals surface area contributed by atoms with Gasteiger partial charge in [0.2, 0.25) is 0 Å². The molecule has 1 aromatic heterocycles. The summed E-state index contributed by atoms with van der Waals surface area (Å²) in [5.41, 5.74) is 2.49. The first-order valence-electron chi connectivity index (χ1n) is 7.71. The van der Waals surface area contributed by atoms with Crippen molar-refractivity contribution in [3.05, 3.63) is 29.5 Å². The van der Waals surface area contributed by atoms with Gasteiger partial charge in [-0.2, -0.15) is 5.10 Å². The molecule has 1 aliphatic rings. The smallest absolute Gasteiger partial charge is 0.113 e. The molecule has 0 saturated carbocycles. The second kappa shape index (κ2) is 6.34. The summed E-state index contributed by atoms with van der Waals surface area (Å²) >= 11 is 0. The van der Waals surface area contributed by atoms with E-state index in [9.17, 15) is 5.11 Å². The van der Waals surface area contributed by atoms with Crippen molar-refractivity contribution in [1.29, 1.82) is 0 Å². The Kier molecular flexibility index (Phi) is 4.44. The van der Waals surface area contributed by atoms with Crippen molar-refractivity contribution in [3.63, 3.8) is 0 Å². The fourth-order valence-corrected chi connectivity index (χ4v) is 2.89. The van der Waals surface area contributed by atoms with Crippen LogP contribution in [0, 0.1) is 6.92 Å². The minimum absolute atomic E-state index is 0.356. The molecule has 3 N–H and O–H groups in total. The molecule has 1 atom stereocenters. The number of aryl methyl sites for hydroxylation is 2. The van der Waals surface area contributed by atoms with Crippen LogP contribution in [0.4, 0.5) is 0 Å². The summed E-state index contributed by atoms with van der Waals surface area (Å²) in [5, 5.41) is 22.8. The highest BCUT2D eigenvalue weighted by Crippen LogP contribution is 2.19. The third-order valence-electron chi connectivity index (χ3n) is 4.08. The van der Waals surface area contributed by atoms with Gasteiger partial charge in [-0.15, -0.1) is 0 Å². The molecule has 1 aromatic carbocycles. The van der Waals surface area contributed by atoms with Crippen molar-refractivity contribution in [2.75, 3.05) is 32.8 Å². The van der Waals surface area contributed by atoms with Gasteiger partial charge in [-0.05, 0) is 19.1 Å². The number of nitrogens with zero attached hydrogens (tertiary/aromatic N) is 2. The predicted molar refractivity (Wildman–Crippen MR) is 85.8 cm³/mol. The fourth-order valence-electron chi connectivity index (χ4n) is 2.89. The molecule has 2 heterocycles. The summed E-state index contributed by atoms with van der Waals surface area (Å²) in [6.07, 6.45) is 0. The first kappa shape index (κ1) is 15.4. The summed E-state index contributed by atoms with van der Waals surface area (Å²) in [7, 11) is 1.96. The number of ether oxygens (including phenoxy) is 1. The SMILES string of the molecule is Cc1ccc2c(c1)c(CNC[C@@]1(O)CNCCOC1)nn2C. The third kappa shape index (κ3) is 3.30. The molecule has 0 radical (unpaired) electrons. The summed E-state index contributed by atoms with van der Waals surface area (Å²) in [6, 6.07) is 6.35. The zero-order valence-electron chi connectivity index (χ0n) is 13.2. The lowest BCUT2D eigenvalue weighted by atomic mass is 10.1. The Labute approximate surface area is 130 Å². The average molecular weight is 304 g/mol. The monoisotopic (exact) mass is 304 g/mol. The van der Waals surface area contributed by atoms with Gasteiger partial charge in [-0.1, -0.05) is 11.6 Å². The second-order valence-corrected chi connectivity index (χ2v) is 6.15. The molecule has 0 amide bonds. The summed E-state index contributed by atoms with van der Waals surface area (Å²) in [5.74, 6) is 0. The number of aromatic nitrogens is 2. The van der Waals surface area contributed by atoms with Gasteiger partial charge in [-0.25, -0.2) is 0 Å². The zero-order chi connectivity index (χ0) is 15.6. The highest BCUT2D eigenvalue weighted by molar-refractivity contribution is 5.82. The van der Waals surface area contributed by atoms with E-state index in [1.807, 2.05) is 11.7 Å². The molecular weight excluding hydrogens is 280 g/mol. The van der Waals surface area contributed by atoms with Crippen molar-refractivity contribution >= 4 is 10.9 Å². The maximum atomic E-state index is 10.5. The summed E-state index contributed by atoms with van der Waals surface area (Å²) in [4.78, 5) is 0. The van der Waals surface area contributed by atoms with Crippen LogP contribution in [-0.4, -0.2) is 53.3 Å². The lowest BCUT2D eigenvalue weighted by Crippen LogP contribution is -2.50. The average Bonchev–Trinajstić information content (AvgIpc) is 2.65. The van der Waals surface area contributed by atoms with Crippen LogP contribution in [0.2, 0.25) is 0 Å².